The highest BCUT2D eigenvalue weighted by Gasteiger charge is 2.14. The molecular weight excluding hydrogens is 274 g/mol. The van der Waals surface area contributed by atoms with Crippen LogP contribution in [-0.4, -0.2) is 13.4 Å². The van der Waals surface area contributed by atoms with Crippen molar-refractivity contribution >= 4 is 21.0 Å². The average Bonchev–Trinajstić information content (AvgIpc) is 2.86. The molecule has 1 heterocycles. The molecule has 0 aliphatic heterocycles. The van der Waals surface area contributed by atoms with E-state index in [1.807, 2.05) is 24.4 Å². The fourth-order valence-electron chi connectivity index (χ4n) is 2.05. The summed E-state index contributed by atoms with van der Waals surface area (Å²) in [6.45, 7) is 0. The second kappa shape index (κ2) is 5.02. The Morgan fingerprint density at radius 1 is 1.00 bits per heavy atom. The third kappa shape index (κ3) is 2.83. The maximum Gasteiger partial charge on any atom is 0.313 e. The van der Waals surface area contributed by atoms with Gasteiger partial charge in [0.1, 0.15) is 11.5 Å². The van der Waals surface area contributed by atoms with Gasteiger partial charge in [0, 0.05) is 11.7 Å². The molecule has 0 spiro atoms. The summed E-state index contributed by atoms with van der Waals surface area (Å²) in [5, 5.41) is 0.984. The van der Waals surface area contributed by atoms with Crippen molar-refractivity contribution in [1.29, 1.82) is 0 Å². The van der Waals surface area contributed by atoms with Gasteiger partial charge < -0.3 is 9.17 Å². The molecule has 0 fully saturated rings. The zero-order valence-electron chi connectivity index (χ0n) is 10.6. The highest BCUT2D eigenvalue weighted by atomic mass is 32.2. The van der Waals surface area contributed by atoms with Crippen LogP contribution in [-0.2, 0) is 15.9 Å². The van der Waals surface area contributed by atoms with Crippen molar-refractivity contribution in [3.05, 3.63) is 66.4 Å². The minimum atomic E-state index is -3.65. The Kier molecular flexibility index (Phi) is 3.20. The van der Waals surface area contributed by atoms with Crippen LogP contribution in [0.1, 0.15) is 5.56 Å². The van der Waals surface area contributed by atoms with E-state index in [9.17, 15) is 8.42 Å². The summed E-state index contributed by atoms with van der Waals surface area (Å²) >= 11 is 0. The minimum Gasteiger partial charge on any atom is -0.382 e. The molecule has 0 saturated heterocycles. The third-order valence-electron chi connectivity index (χ3n) is 2.93. The Bertz CT molecular complexity index is 822. The zero-order valence-corrected chi connectivity index (χ0v) is 11.4. The molecule has 0 aliphatic carbocycles. The lowest BCUT2D eigenvalue weighted by atomic mass is 10.2. The lowest BCUT2D eigenvalue weighted by Crippen LogP contribution is -2.11. The minimum absolute atomic E-state index is 0.150. The number of hydrogen-bond acceptors (Lipinski definition) is 3. The van der Waals surface area contributed by atoms with Crippen molar-refractivity contribution in [2.45, 2.75) is 5.75 Å². The maximum absolute atomic E-state index is 12.0. The smallest absolute Gasteiger partial charge is 0.313 e. The SMILES string of the molecule is O=S(=O)(Cc1ccc2[nH]ccc2c1)Oc1ccccc1. The van der Waals surface area contributed by atoms with Gasteiger partial charge in [-0.1, -0.05) is 24.3 Å². The van der Waals surface area contributed by atoms with Gasteiger partial charge in [0.25, 0.3) is 0 Å². The van der Waals surface area contributed by atoms with E-state index in [1.54, 1.807) is 36.4 Å². The topological polar surface area (TPSA) is 59.2 Å². The molecular formula is C15H13NO3S. The second-order valence-electron chi connectivity index (χ2n) is 4.50. The standard InChI is InChI=1S/C15H13NO3S/c17-20(18,19-14-4-2-1-3-5-14)11-12-6-7-15-13(10-12)8-9-16-15/h1-10,16H,11H2. The van der Waals surface area contributed by atoms with Crippen LogP contribution in [0.2, 0.25) is 0 Å². The van der Waals surface area contributed by atoms with Gasteiger partial charge in [-0.25, -0.2) is 0 Å². The molecule has 5 heteroatoms. The van der Waals surface area contributed by atoms with Crippen LogP contribution in [0, 0.1) is 0 Å². The molecule has 0 radical (unpaired) electrons. The molecule has 2 aromatic carbocycles. The molecule has 3 rings (SSSR count). The Hall–Kier alpha value is -2.27. The first-order valence-corrected chi connectivity index (χ1v) is 7.73. The van der Waals surface area contributed by atoms with E-state index in [0.29, 0.717) is 11.3 Å². The first-order chi connectivity index (χ1) is 9.62. The van der Waals surface area contributed by atoms with Crippen LogP contribution >= 0.6 is 0 Å². The van der Waals surface area contributed by atoms with Gasteiger partial charge in [0.2, 0.25) is 0 Å². The van der Waals surface area contributed by atoms with Gasteiger partial charge >= 0.3 is 10.1 Å². The van der Waals surface area contributed by atoms with E-state index in [0.717, 1.165) is 10.9 Å². The number of para-hydroxylation sites is 1. The van der Waals surface area contributed by atoms with Crippen LogP contribution in [0.25, 0.3) is 10.9 Å². The van der Waals surface area contributed by atoms with Crippen molar-refractivity contribution < 1.29 is 12.6 Å². The van der Waals surface area contributed by atoms with E-state index in [-0.39, 0.29) is 5.75 Å². The van der Waals surface area contributed by atoms with Gasteiger partial charge in [0.05, 0.1) is 0 Å². The van der Waals surface area contributed by atoms with Crippen molar-refractivity contribution in [2.24, 2.45) is 0 Å². The number of rotatable bonds is 4. The number of aromatic amines is 1. The number of aromatic nitrogens is 1. The number of H-pyrrole nitrogens is 1. The fourth-order valence-corrected chi connectivity index (χ4v) is 3.10. The molecule has 0 amide bonds. The first-order valence-electron chi connectivity index (χ1n) is 6.16. The molecule has 0 bridgehead atoms. The normalized spacial score (nSPS) is 11.6. The lowest BCUT2D eigenvalue weighted by Gasteiger charge is -2.07. The van der Waals surface area contributed by atoms with Crippen molar-refractivity contribution in [3.8, 4) is 5.75 Å². The summed E-state index contributed by atoms with van der Waals surface area (Å²) in [4.78, 5) is 3.07. The summed E-state index contributed by atoms with van der Waals surface area (Å²) in [6.07, 6.45) is 1.82. The molecule has 1 N–H and O–H groups in total. The summed E-state index contributed by atoms with van der Waals surface area (Å²) in [7, 11) is -3.65. The van der Waals surface area contributed by atoms with Crippen LogP contribution in [0.5, 0.6) is 5.75 Å². The van der Waals surface area contributed by atoms with E-state index in [2.05, 4.69) is 4.98 Å². The Morgan fingerprint density at radius 2 is 1.80 bits per heavy atom. The molecule has 3 aromatic rings. The predicted molar refractivity (Wildman–Crippen MR) is 78.0 cm³/mol. The van der Waals surface area contributed by atoms with Crippen LogP contribution < -0.4 is 4.18 Å². The molecule has 0 saturated carbocycles. The third-order valence-corrected chi connectivity index (χ3v) is 4.06. The summed E-state index contributed by atoms with van der Waals surface area (Å²) in [5.41, 5.74) is 1.68. The second-order valence-corrected chi connectivity index (χ2v) is 6.07. The molecule has 4 nitrogen and oxygen atoms in total. The van der Waals surface area contributed by atoms with Gasteiger partial charge in [0.15, 0.2) is 0 Å². The highest BCUT2D eigenvalue weighted by molar-refractivity contribution is 7.86. The maximum atomic E-state index is 12.0. The van der Waals surface area contributed by atoms with E-state index in [4.69, 9.17) is 4.18 Å². The van der Waals surface area contributed by atoms with Crippen molar-refractivity contribution in [3.63, 3.8) is 0 Å². The summed E-state index contributed by atoms with van der Waals surface area (Å²) < 4.78 is 29.1. The number of benzene rings is 2. The van der Waals surface area contributed by atoms with Crippen molar-refractivity contribution in [2.75, 3.05) is 0 Å². The van der Waals surface area contributed by atoms with Gasteiger partial charge in [-0.3, -0.25) is 0 Å². The molecule has 102 valence electrons. The monoisotopic (exact) mass is 287 g/mol. The number of hydrogen-bond donors (Lipinski definition) is 1. The predicted octanol–water partition coefficient (Wildman–Crippen LogP) is 3.08. The zero-order chi connectivity index (χ0) is 14.0. The average molecular weight is 287 g/mol. The highest BCUT2D eigenvalue weighted by Crippen LogP contribution is 2.18. The summed E-state index contributed by atoms with van der Waals surface area (Å²) in [5.74, 6) is 0.179. The van der Waals surface area contributed by atoms with E-state index < -0.39 is 10.1 Å². The number of nitrogens with one attached hydrogen (secondary N) is 1. The van der Waals surface area contributed by atoms with Gasteiger partial charge in [-0.2, -0.15) is 8.42 Å². The van der Waals surface area contributed by atoms with Gasteiger partial charge in [-0.05, 0) is 41.3 Å². The Labute approximate surface area is 117 Å². The van der Waals surface area contributed by atoms with Crippen molar-refractivity contribution in [1.82, 2.24) is 4.98 Å². The van der Waals surface area contributed by atoms with E-state index >= 15 is 0 Å². The Morgan fingerprint density at radius 3 is 2.60 bits per heavy atom. The van der Waals surface area contributed by atoms with Gasteiger partial charge in [-0.15, -0.1) is 0 Å². The van der Waals surface area contributed by atoms with Crippen LogP contribution in [0.15, 0.2) is 60.8 Å². The van der Waals surface area contributed by atoms with E-state index in [1.165, 1.54) is 0 Å². The molecule has 0 atom stereocenters. The van der Waals surface area contributed by atoms with Crippen LogP contribution in [0.4, 0.5) is 0 Å². The summed E-state index contributed by atoms with van der Waals surface area (Å²) in [6, 6.07) is 15.9. The number of fused-ring (bicyclic) bond motifs is 1. The fraction of sp³-hybridized carbons (Fsp3) is 0.0667. The lowest BCUT2D eigenvalue weighted by molar-refractivity contribution is 0.485. The largest absolute Gasteiger partial charge is 0.382 e. The molecule has 20 heavy (non-hydrogen) atoms. The first kappa shape index (κ1) is 12.7. The van der Waals surface area contributed by atoms with Crippen LogP contribution in [0.3, 0.4) is 0 Å². The molecule has 1 aromatic heterocycles. The quantitative estimate of drug-likeness (QED) is 0.750. The molecule has 0 aliphatic rings. The molecule has 0 unspecified atom stereocenters. The Balaban J connectivity index is 1.82.